The van der Waals surface area contributed by atoms with Crippen LogP contribution in [0, 0.1) is 12.8 Å². The lowest BCUT2D eigenvalue weighted by atomic mass is 10.0. The molecular formula is C23H24N2O5. The third kappa shape index (κ3) is 5.26. The average molecular weight is 408 g/mol. The largest absolute Gasteiger partial charge is 0.459 e. The van der Waals surface area contributed by atoms with Crippen LogP contribution in [0.25, 0.3) is 11.0 Å². The lowest BCUT2D eigenvalue weighted by molar-refractivity contribution is -0.148. The van der Waals surface area contributed by atoms with E-state index in [4.69, 9.17) is 9.15 Å². The summed E-state index contributed by atoms with van der Waals surface area (Å²) in [5, 5.41) is 6.03. The Labute approximate surface area is 174 Å². The zero-order valence-corrected chi connectivity index (χ0v) is 17.1. The number of nitrogens with one attached hydrogen (secondary N) is 2. The molecule has 0 unspecified atom stereocenters. The van der Waals surface area contributed by atoms with Crippen molar-refractivity contribution in [2.75, 3.05) is 5.32 Å². The van der Waals surface area contributed by atoms with Crippen molar-refractivity contribution < 1.29 is 18.7 Å². The number of carbonyl (C=O) groups excluding carboxylic acids is 2. The molecule has 30 heavy (non-hydrogen) atoms. The molecule has 0 aliphatic rings. The lowest BCUT2D eigenvalue weighted by Crippen LogP contribution is -2.47. The van der Waals surface area contributed by atoms with E-state index in [0.717, 1.165) is 5.56 Å². The number of ether oxygens (including phenoxy) is 1. The zero-order valence-electron chi connectivity index (χ0n) is 17.1. The van der Waals surface area contributed by atoms with Crippen LogP contribution in [0.5, 0.6) is 0 Å². The maximum atomic E-state index is 12.7. The van der Waals surface area contributed by atoms with Crippen LogP contribution in [0.1, 0.15) is 25.0 Å². The Morgan fingerprint density at radius 1 is 1.07 bits per heavy atom. The van der Waals surface area contributed by atoms with E-state index in [9.17, 15) is 14.4 Å². The van der Waals surface area contributed by atoms with Gasteiger partial charge in [-0.2, -0.15) is 0 Å². The fourth-order valence-electron chi connectivity index (χ4n) is 3.02. The molecule has 7 heteroatoms. The fraction of sp³-hybridized carbons (Fsp3) is 0.261. The Morgan fingerprint density at radius 2 is 1.80 bits per heavy atom. The second-order valence-electron chi connectivity index (χ2n) is 7.38. The van der Waals surface area contributed by atoms with E-state index < -0.39 is 23.7 Å². The highest BCUT2D eigenvalue weighted by molar-refractivity contribution is 5.92. The number of hydrogen-bond donors (Lipinski definition) is 2. The molecule has 0 spiro atoms. The summed E-state index contributed by atoms with van der Waals surface area (Å²) in [5.41, 5.74) is 2.04. The van der Waals surface area contributed by atoms with Gasteiger partial charge in [-0.05, 0) is 36.6 Å². The minimum absolute atomic E-state index is 0.102. The van der Waals surface area contributed by atoms with E-state index in [-0.39, 0.29) is 12.5 Å². The van der Waals surface area contributed by atoms with Gasteiger partial charge in [0.2, 0.25) is 0 Å². The number of para-hydroxylation sites is 1. The van der Waals surface area contributed by atoms with Crippen molar-refractivity contribution >= 4 is 28.7 Å². The first-order chi connectivity index (χ1) is 14.3. The molecule has 0 radical (unpaired) electrons. The van der Waals surface area contributed by atoms with Gasteiger partial charge in [0.1, 0.15) is 18.2 Å². The molecule has 0 aliphatic carbocycles. The van der Waals surface area contributed by atoms with E-state index in [0.29, 0.717) is 22.2 Å². The monoisotopic (exact) mass is 408 g/mol. The number of benzene rings is 2. The van der Waals surface area contributed by atoms with E-state index >= 15 is 0 Å². The molecule has 0 saturated heterocycles. The minimum atomic E-state index is -0.845. The van der Waals surface area contributed by atoms with Crippen molar-refractivity contribution in [1.29, 1.82) is 0 Å². The van der Waals surface area contributed by atoms with Crippen molar-refractivity contribution in [3.63, 3.8) is 0 Å². The highest BCUT2D eigenvalue weighted by atomic mass is 16.5. The molecule has 3 aromatic rings. The summed E-state index contributed by atoms with van der Waals surface area (Å²) in [4.78, 5) is 36.8. The Hall–Kier alpha value is -3.61. The molecule has 0 bridgehead atoms. The quantitative estimate of drug-likeness (QED) is 0.475. The Bertz CT molecular complexity index is 1110. The van der Waals surface area contributed by atoms with Gasteiger partial charge in [0.15, 0.2) is 0 Å². The number of urea groups is 1. The Morgan fingerprint density at radius 3 is 2.50 bits per heavy atom. The highest BCUT2D eigenvalue weighted by Gasteiger charge is 2.26. The molecule has 0 saturated carbocycles. The van der Waals surface area contributed by atoms with Gasteiger partial charge in [-0.25, -0.2) is 14.4 Å². The van der Waals surface area contributed by atoms with E-state index in [1.165, 1.54) is 6.07 Å². The molecule has 2 N–H and O–H groups in total. The maximum absolute atomic E-state index is 12.7. The van der Waals surface area contributed by atoms with Gasteiger partial charge in [0.05, 0.1) is 0 Å². The van der Waals surface area contributed by atoms with Crippen molar-refractivity contribution in [3.8, 4) is 0 Å². The number of rotatable bonds is 6. The molecule has 156 valence electrons. The third-order valence-corrected chi connectivity index (χ3v) is 4.59. The minimum Gasteiger partial charge on any atom is -0.459 e. The average Bonchev–Trinajstić information content (AvgIpc) is 2.70. The number of fused-ring (bicyclic) bond motifs is 1. The SMILES string of the molecule is Cc1ccc2c(COC(=O)[C@@H](NC(=O)Nc3ccccc3)C(C)C)cc(=O)oc2c1. The van der Waals surface area contributed by atoms with Crippen molar-refractivity contribution in [2.45, 2.75) is 33.4 Å². The summed E-state index contributed by atoms with van der Waals surface area (Å²) in [7, 11) is 0. The van der Waals surface area contributed by atoms with Gasteiger partial charge in [0, 0.05) is 22.7 Å². The summed E-state index contributed by atoms with van der Waals surface area (Å²) in [6.07, 6.45) is 0. The molecule has 0 fully saturated rings. The van der Waals surface area contributed by atoms with E-state index in [1.54, 1.807) is 30.3 Å². The van der Waals surface area contributed by atoms with E-state index in [1.807, 2.05) is 39.0 Å². The summed E-state index contributed by atoms with van der Waals surface area (Å²) in [6.45, 7) is 5.41. The lowest BCUT2D eigenvalue weighted by Gasteiger charge is -2.21. The number of carbonyl (C=O) groups is 2. The third-order valence-electron chi connectivity index (χ3n) is 4.59. The fourth-order valence-corrected chi connectivity index (χ4v) is 3.02. The molecular weight excluding hydrogens is 384 g/mol. The van der Waals surface area contributed by atoms with Gasteiger partial charge in [-0.1, -0.05) is 44.2 Å². The molecule has 2 amide bonds. The number of esters is 1. The van der Waals surface area contributed by atoms with Gasteiger partial charge < -0.3 is 19.8 Å². The predicted octanol–water partition coefficient (Wildman–Crippen LogP) is 3.99. The predicted molar refractivity (Wildman–Crippen MR) is 114 cm³/mol. The van der Waals surface area contributed by atoms with Crippen LogP contribution in [-0.4, -0.2) is 18.0 Å². The van der Waals surface area contributed by atoms with Crippen LogP contribution in [0.15, 0.2) is 63.8 Å². The standard InChI is InChI=1S/C23H24N2O5/c1-14(2)21(25-23(28)24-17-7-5-4-6-8-17)22(27)29-13-16-12-20(26)30-19-11-15(3)9-10-18(16)19/h4-12,14,21H,13H2,1-3H3,(H2,24,25,28)/t21-/m0/s1. The molecule has 1 heterocycles. The smallest absolute Gasteiger partial charge is 0.336 e. The number of hydrogen-bond acceptors (Lipinski definition) is 5. The topological polar surface area (TPSA) is 97.6 Å². The molecule has 1 aromatic heterocycles. The van der Waals surface area contributed by atoms with Crippen molar-refractivity contribution in [2.24, 2.45) is 5.92 Å². The van der Waals surface area contributed by atoms with Gasteiger partial charge >= 0.3 is 17.6 Å². The van der Waals surface area contributed by atoms with Crippen LogP contribution in [0.2, 0.25) is 0 Å². The summed E-state index contributed by atoms with van der Waals surface area (Å²) < 4.78 is 10.7. The van der Waals surface area contributed by atoms with E-state index in [2.05, 4.69) is 10.6 Å². The normalized spacial score (nSPS) is 11.9. The Balaban J connectivity index is 1.69. The number of anilines is 1. The van der Waals surface area contributed by atoms with Crippen molar-refractivity contribution in [3.05, 3.63) is 76.1 Å². The molecule has 2 aromatic carbocycles. The zero-order chi connectivity index (χ0) is 21.7. The van der Waals surface area contributed by atoms with Crippen LogP contribution < -0.4 is 16.3 Å². The molecule has 0 aliphatic heterocycles. The van der Waals surface area contributed by atoms with Crippen LogP contribution >= 0.6 is 0 Å². The number of amides is 2. The first-order valence-electron chi connectivity index (χ1n) is 9.66. The van der Waals surface area contributed by atoms with Crippen LogP contribution in [0.4, 0.5) is 10.5 Å². The van der Waals surface area contributed by atoms with Crippen LogP contribution in [0.3, 0.4) is 0 Å². The molecule has 1 atom stereocenters. The second-order valence-corrected chi connectivity index (χ2v) is 7.38. The summed E-state index contributed by atoms with van der Waals surface area (Å²) >= 11 is 0. The van der Waals surface area contributed by atoms with Gasteiger partial charge in [-0.15, -0.1) is 0 Å². The maximum Gasteiger partial charge on any atom is 0.336 e. The van der Waals surface area contributed by atoms with Crippen LogP contribution in [-0.2, 0) is 16.1 Å². The van der Waals surface area contributed by atoms with Crippen molar-refractivity contribution in [1.82, 2.24) is 5.32 Å². The summed E-state index contributed by atoms with van der Waals surface area (Å²) in [6, 6.07) is 14.4. The second kappa shape index (κ2) is 9.26. The number of aryl methyl sites for hydroxylation is 1. The first kappa shape index (κ1) is 21.1. The van der Waals surface area contributed by atoms with Gasteiger partial charge in [0.25, 0.3) is 0 Å². The van der Waals surface area contributed by atoms with Gasteiger partial charge in [-0.3, -0.25) is 0 Å². The first-order valence-corrected chi connectivity index (χ1v) is 9.66. The molecule has 7 nitrogen and oxygen atoms in total. The Kier molecular flexibility index (Phi) is 6.51. The highest BCUT2D eigenvalue weighted by Crippen LogP contribution is 2.19. The summed E-state index contributed by atoms with van der Waals surface area (Å²) in [5.74, 6) is -0.777. The molecule has 3 rings (SSSR count).